The van der Waals surface area contributed by atoms with Gasteiger partial charge in [-0.3, -0.25) is 9.36 Å². The minimum atomic E-state index is -0.342. The first kappa shape index (κ1) is 20.3. The SMILES string of the molecule is CC1CCN(c2nnc(SCC(=O)c3ccc(F)cc3)n2CC2CCCO2)CC1. The molecule has 6 nitrogen and oxygen atoms in total. The first-order chi connectivity index (χ1) is 14.1. The lowest BCUT2D eigenvalue weighted by Crippen LogP contribution is -2.35. The maximum atomic E-state index is 13.1. The van der Waals surface area contributed by atoms with Crippen molar-refractivity contribution in [3.8, 4) is 0 Å². The molecule has 0 bridgehead atoms. The Kier molecular flexibility index (Phi) is 6.50. The Morgan fingerprint density at radius 1 is 1.21 bits per heavy atom. The van der Waals surface area contributed by atoms with Gasteiger partial charge in [-0.05, 0) is 55.9 Å². The monoisotopic (exact) mass is 418 g/mol. The number of rotatable bonds is 7. The molecule has 4 rings (SSSR count). The third-order valence-corrected chi connectivity index (χ3v) is 6.64. The van der Waals surface area contributed by atoms with Gasteiger partial charge in [-0.25, -0.2) is 4.39 Å². The fourth-order valence-corrected chi connectivity index (χ4v) is 4.67. The van der Waals surface area contributed by atoms with E-state index in [4.69, 9.17) is 4.74 Å². The molecular weight excluding hydrogens is 391 g/mol. The number of nitrogens with zero attached hydrogens (tertiary/aromatic N) is 4. The van der Waals surface area contributed by atoms with Crippen molar-refractivity contribution in [2.45, 2.75) is 50.4 Å². The van der Waals surface area contributed by atoms with Crippen LogP contribution in [0.15, 0.2) is 29.4 Å². The molecule has 3 heterocycles. The van der Waals surface area contributed by atoms with Crippen LogP contribution in [0.3, 0.4) is 0 Å². The Morgan fingerprint density at radius 2 is 1.97 bits per heavy atom. The molecule has 0 spiro atoms. The molecule has 0 amide bonds. The highest BCUT2D eigenvalue weighted by atomic mass is 32.2. The summed E-state index contributed by atoms with van der Waals surface area (Å²) < 4.78 is 21.1. The fourth-order valence-electron chi connectivity index (χ4n) is 3.83. The van der Waals surface area contributed by atoms with Crippen LogP contribution in [0.4, 0.5) is 10.3 Å². The van der Waals surface area contributed by atoms with Crippen molar-refractivity contribution in [1.29, 1.82) is 0 Å². The molecule has 1 aromatic carbocycles. The molecule has 0 N–H and O–H groups in total. The molecule has 156 valence electrons. The van der Waals surface area contributed by atoms with Crippen LogP contribution in [0.1, 0.15) is 43.0 Å². The zero-order valence-electron chi connectivity index (χ0n) is 16.7. The Bertz CT molecular complexity index is 828. The van der Waals surface area contributed by atoms with Gasteiger partial charge in [0, 0.05) is 25.3 Å². The molecule has 29 heavy (non-hydrogen) atoms. The Morgan fingerprint density at radius 3 is 2.66 bits per heavy atom. The van der Waals surface area contributed by atoms with Gasteiger partial charge < -0.3 is 9.64 Å². The van der Waals surface area contributed by atoms with Crippen molar-refractivity contribution in [1.82, 2.24) is 14.8 Å². The average Bonchev–Trinajstić information content (AvgIpc) is 3.38. The van der Waals surface area contributed by atoms with Crippen LogP contribution in [0.2, 0.25) is 0 Å². The third-order valence-electron chi connectivity index (χ3n) is 5.67. The lowest BCUT2D eigenvalue weighted by Gasteiger charge is -2.31. The summed E-state index contributed by atoms with van der Waals surface area (Å²) in [6.07, 6.45) is 4.58. The van der Waals surface area contributed by atoms with Gasteiger partial charge in [-0.2, -0.15) is 0 Å². The molecule has 2 fully saturated rings. The Hall–Kier alpha value is -1.93. The quantitative estimate of drug-likeness (QED) is 0.503. The van der Waals surface area contributed by atoms with Crippen LogP contribution in [0, 0.1) is 11.7 Å². The Balaban J connectivity index is 1.49. The van der Waals surface area contributed by atoms with Crippen LogP contribution in [0.25, 0.3) is 0 Å². The molecule has 1 aromatic heterocycles. The standard InChI is InChI=1S/C21H27FN4O2S/c1-15-8-10-25(11-9-15)20-23-24-21(26(20)13-18-3-2-12-28-18)29-14-19(27)16-4-6-17(22)7-5-16/h4-7,15,18H,2-3,8-14H2,1H3. The maximum absolute atomic E-state index is 13.1. The first-order valence-corrected chi connectivity index (χ1v) is 11.3. The molecule has 2 aliphatic rings. The van der Waals surface area contributed by atoms with Crippen LogP contribution < -0.4 is 4.90 Å². The van der Waals surface area contributed by atoms with Gasteiger partial charge in [0.25, 0.3) is 0 Å². The van der Waals surface area contributed by atoms with Crippen LogP contribution >= 0.6 is 11.8 Å². The van der Waals surface area contributed by atoms with Crippen molar-refractivity contribution >= 4 is 23.5 Å². The van der Waals surface area contributed by atoms with E-state index >= 15 is 0 Å². The first-order valence-electron chi connectivity index (χ1n) is 10.3. The number of ketones is 1. The van der Waals surface area contributed by atoms with Gasteiger partial charge in [0.15, 0.2) is 10.9 Å². The highest BCUT2D eigenvalue weighted by Crippen LogP contribution is 2.28. The number of anilines is 1. The molecule has 2 aliphatic heterocycles. The maximum Gasteiger partial charge on any atom is 0.228 e. The number of benzene rings is 1. The average molecular weight is 419 g/mol. The Labute approximate surface area is 174 Å². The predicted molar refractivity (Wildman–Crippen MR) is 111 cm³/mol. The summed E-state index contributed by atoms with van der Waals surface area (Å²) in [5.41, 5.74) is 0.509. The number of carbonyl (C=O) groups is 1. The number of thioether (sulfide) groups is 1. The van der Waals surface area contributed by atoms with Crippen molar-refractivity contribution < 1.29 is 13.9 Å². The predicted octanol–water partition coefficient (Wildman–Crippen LogP) is 3.81. The number of halogens is 1. The second-order valence-electron chi connectivity index (χ2n) is 7.92. The van der Waals surface area contributed by atoms with E-state index in [-0.39, 0.29) is 23.5 Å². The lowest BCUT2D eigenvalue weighted by atomic mass is 10.00. The highest BCUT2D eigenvalue weighted by Gasteiger charge is 2.26. The van der Waals surface area contributed by atoms with E-state index < -0.39 is 0 Å². The molecule has 0 aliphatic carbocycles. The zero-order chi connectivity index (χ0) is 20.2. The fraction of sp³-hybridized carbons (Fsp3) is 0.571. The summed E-state index contributed by atoms with van der Waals surface area (Å²) in [6.45, 7) is 5.75. The van der Waals surface area contributed by atoms with Gasteiger partial charge in [0.05, 0.1) is 18.4 Å². The van der Waals surface area contributed by atoms with E-state index in [1.54, 1.807) is 0 Å². The topological polar surface area (TPSA) is 60.2 Å². The van der Waals surface area contributed by atoms with E-state index in [1.807, 2.05) is 0 Å². The number of aromatic nitrogens is 3. The summed E-state index contributed by atoms with van der Waals surface area (Å²) >= 11 is 1.39. The second-order valence-corrected chi connectivity index (χ2v) is 8.86. The van der Waals surface area contributed by atoms with E-state index in [2.05, 4.69) is 26.6 Å². The second kappa shape index (κ2) is 9.26. The minimum Gasteiger partial charge on any atom is -0.376 e. The molecule has 1 unspecified atom stereocenters. The van der Waals surface area contributed by atoms with Crippen molar-refractivity contribution in [3.05, 3.63) is 35.6 Å². The molecule has 0 saturated carbocycles. The van der Waals surface area contributed by atoms with Crippen LogP contribution in [-0.2, 0) is 11.3 Å². The molecule has 0 radical (unpaired) electrons. The van der Waals surface area contributed by atoms with Gasteiger partial charge in [-0.1, -0.05) is 18.7 Å². The third kappa shape index (κ3) is 4.98. The van der Waals surface area contributed by atoms with E-state index in [1.165, 1.54) is 36.0 Å². The van der Waals surface area contributed by atoms with Gasteiger partial charge in [0.2, 0.25) is 5.95 Å². The molecule has 8 heteroatoms. The summed E-state index contributed by atoms with van der Waals surface area (Å²) in [5, 5.41) is 9.61. The van der Waals surface area contributed by atoms with E-state index in [0.29, 0.717) is 12.1 Å². The minimum absolute atomic E-state index is 0.0463. The summed E-state index contributed by atoms with van der Waals surface area (Å²) in [5.74, 6) is 1.47. The van der Waals surface area contributed by atoms with Gasteiger partial charge in [0.1, 0.15) is 5.82 Å². The largest absolute Gasteiger partial charge is 0.376 e. The van der Waals surface area contributed by atoms with Crippen molar-refractivity contribution in [2.75, 3.05) is 30.3 Å². The lowest BCUT2D eigenvalue weighted by molar-refractivity contribution is 0.0951. The number of hydrogen-bond donors (Lipinski definition) is 0. The normalized spacial score (nSPS) is 20.3. The molecule has 1 atom stereocenters. The smallest absolute Gasteiger partial charge is 0.228 e. The van der Waals surface area contributed by atoms with Gasteiger partial charge in [-0.15, -0.1) is 10.2 Å². The van der Waals surface area contributed by atoms with E-state index in [0.717, 1.165) is 62.4 Å². The number of ether oxygens (including phenoxy) is 1. The summed E-state index contributed by atoms with van der Waals surface area (Å²) in [7, 11) is 0. The van der Waals surface area contributed by atoms with Crippen LogP contribution in [0.5, 0.6) is 0 Å². The number of carbonyl (C=O) groups excluding carboxylic acids is 1. The van der Waals surface area contributed by atoms with Crippen molar-refractivity contribution in [2.24, 2.45) is 5.92 Å². The number of hydrogen-bond acceptors (Lipinski definition) is 6. The van der Waals surface area contributed by atoms with Crippen LogP contribution in [-0.4, -0.2) is 52.1 Å². The number of piperidine rings is 1. The molecule has 2 aromatic rings. The summed E-state index contributed by atoms with van der Waals surface area (Å²) in [4.78, 5) is 14.8. The molecular formula is C21H27FN4O2S. The zero-order valence-corrected chi connectivity index (χ0v) is 17.5. The van der Waals surface area contributed by atoms with Crippen molar-refractivity contribution in [3.63, 3.8) is 0 Å². The number of Topliss-reactive ketones (excluding diaryl/α,β-unsaturated/α-hetero) is 1. The summed E-state index contributed by atoms with van der Waals surface area (Å²) in [6, 6.07) is 5.67. The van der Waals surface area contributed by atoms with E-state index in [9.17, 15) is 9.18 Å². The van der Waals surface area contributed by atoms with Gasteiger partial charge >= 0.3 is 0 Å². The highest BCUT2D eigenvalue weighted by molar-refractivity contribution is 7.99. The molecule has 2 saturated heterocycles.